The molecule has 0 bridgehead atoms. The Labute approximate surface area is 129 Å². The van der Waals surface area contributed by atoms with Crippen molar-refractivity contribution in [1.82, 2.24) is 0 Å². The van der Waals surface area contributed by atoms with Crippen molar-refractivity contribution in [3.8, 4) is 6.07 Å². The zero-order chi connectivity index (χ0) is 14.9. The molecule has 1 amide bonds. The molecule has 106 valence electrons. The standard InChI is InChI=1S/C17H16N2OS/c18-12-15-8-4-5-9-16(15)19-17(20)10-11-21-13-14-6-2-1-3-7-14/h1-9H,10-11,13H2,(H,19,20). The Morgan fingerprint density at radius 1 is 1.10 bits per heavy atom. The van der Waals surface area contributed by atoms with E-state index in [-0.39, 0.29) is 5.91 Å². The van der Waals surface area contributed by atoms with Gasteiger partial charge in [0.2, 0.25) is 5.91 Å². The van der Waals surface area contributed by atoms with Gasteiger partial charge in [0.15, 0.2) is 0 Å². The van der Waals surface area contributed by atoms with E-state index in [2.05, 4.69) is 23.5 Å². The average Bonchev–Trinajstić information content (AvgIpc) is 2.53. The van der Waals surface area contributed by atoms with Crippen molar-refractivity contribution in [3.05, 3.63) is 65.7 Å². The van der Waals surface area contributed by atoms with Gasteiger partial charge in [-0.25, -0.2) is 0 Å². The van der Waals surface area contributed by atoms with Gasteiger partial charge in [0, 0.05) is 17.9 Å². The summed E-state index contributed by atoms with van der Waals surface area (Å²) in [7, 11) is 0. The first-order valence-corrected chi connectivity index (χ1v) is 7.85. The van der Waals surface area contributed by atoms with E-state index in [4.69, 9.17) is 5.26 Å². The van der Waals surface area contributed by atoms with E-state index in [9.17, 15) is 4.79 Å². The number of hydrogen-bond acceptors (Lipinski definition) is 3. The summed E-state index contributed by atoms with van der Waals surface area (Å²) in [6, 6.07) is 19.3. The Morgan fingerprint density at radius 3 is 2.57 bits per heavy atom. The second-order valence-corrected chi connectivity index (χ2v) is 5.60. The summed E-state index contributed by atoms with van der Waals surface area (Å²) in [5, 5.41) is 11.8. The molecule has 3 nitrogen and oxygen atoms in total. The first kappa shape index (κ1) is 15.1. The van der Waals surface area contributed by atoms with Gasteiger partial charge in [-0.3, -0.25) is 4.79 Å². The van der Waals surface area contributed by atoms with Crippen LogP contribution in [0.4, 0.5) is 5.69 Å². The number of thioether (sulfide) groups is 1. The normalized spacial score (nSPS) is 9.86. The molecule has 1 N–H and O–H groups in total. The van der Waals surface area contributed by atoms with Gasteiger partial charge in [0.1, 0.15) is 6.07 Å². The highest BCUT2D eigenvalue weighted by atomic mass is 32.2. The minimum atomic E-state index is -0.0572. The van der Waals surface area contributed by atoms with E-state index in [0.29, 0.717) is 17.7 Å². The van der Waals surface area contributed by atoms with Crippen LogP contribution in [0.2, 0.25) is 0 Å². The Balaban J connectivity index is 1.74. The summed E-state index contributed by atoms with van der Waals surface area (Å²) in [4.78, 5) is 11.9. The van der Waals surface area contributed by atoms with E-state index in [0.717, 1.165) is 11.5 Å². The monoisotopic (exact) mass is 296 g/mol. The average molecular weight is 296 g/mol. The van der Waals surface area contributed by atoms with Gasteiger partial charge in [-0.1, -0.05) is 42.5 Å². The highest BCUT2D eigenvalue weighted by Crippen LogP contribution is 2.16. The van der Waals surface area contributed by atoms with Crippen LogP contribution in [0.5, 0.6) is 0 Å². The second-order valence-electron chi connectivity index (χ2n) is 4.49. The molecule has 0 aromatic heterocycles. The van der Waals surface area contributed by atoms with Crippen molar-refractivity contribution in [3.63, 3.8) is 0 Å². The molecule has 0 fully saturated rings. The van der Waals surface area contributed by atoms with Gasteiger partial charge in [0.25, 0.3) is 0 Å². The number of benzene rings is 2. The van der Waals surface area contributed by atoms with Crippen LogP contribution in [-0.4, -0.2) is 11.7 Å². The minimum Gasteiger partial charge on any atom is -0.325 e. The Hall–Kier alpha value is -2.25. The predicted octanol–water partition coefficient (Wildman–Crippen LogP) is 3.82. The lowest BCUT2D eigenvalue weighted by atomic mass is 10.2. The van der Waals surface area contributed by atoms with Gasteiger partial charge in [-0.2, -0.15) is 17.0 Å². The fourth-order valence-corrected chi connectivity index (χ4v) is 2.73. The van der Waals surface area contributed by atoms with Gasteiger partial charge in [-0.05, 0) is 17.7 Å². The molecule has 4 heteroatoms. The van der Waals surface area contributed by atoms with Crippen LogP contribution in [0, 0.1) is 11.3 Å². The fourth-order valence-electron chi connectivity index (χ4n) is 1.83. The molecule has 2 rings (SSSR count). The highest BCUT2D eigenvalue weighted by Gasteiger charge is 2.06. The number of carbonyl (C=O) groups excluding carboxylic acids is 1. The van der Waals surface area contributed by atoms with Crippen LogP contribution < -0.4 is 5.32 Å². The SMILES string of the molecule is N#Cc1ccccc1NC(=O)CCSCc1ccccc1. The molecule has 0 aliphatic carbocycles. The van der Waals surface area contributed by atoms with Crippen LogP contribution in [0.15, 0.2) is 54.6 Å². The van der Waals surface area contributed by atoms with Crippen LogP contribution >= 0.6 is 11.8 Å². The molecule has 0 heterocycles. The van der Waals surface area contributed by atoms with Gasteiger partial charge in [0.05, 0.1) is 11.3 Å². The van der Waals surface area contributed by atoms with Gasteiger partial charge < -0.3 is 5.32 Å². The lowest BCUT2D eigenvalue weighted by Crippen LogP contribution is -2.13. The highest BCUT2D eigenvalue weighted by molar-refractivity contribution is 7.98. The molecule has 0 aliphatic heterocycles. The Kier molecular flexibility index (Phi) is 5.86. The van der Waals surface area contributed by atoms with Crippen molar-refractivity contribution in [2.75, 3.05) is 11.1 Å². The molecule has 0 saturated heterocycles. The number of nitrogens with one attached hydrogen (secondary N) is 1. The van der Waals surface area contributed by atoms with Crippen molar-refractivity contribution < 1.29 is 4.79 Å². The van der Waals surface area contributed by atoms with Crippen molar-refractivity contribution in [2.45, 2.75) is 12.2 Å². The molecule has 0 atom stereocenters. The minimum absolute atomic E-state index is 0.0572. The summed E-state index contributed by atoms with van der Waals surface area (Å²) in [6.07, 6.45) is 0.442. The Morgan fingerprint density at radius 2 is 1.81 bits per heavy atom. The van der Waals surface area contributed by atoms with Crippen LogP contribution in [0.1, 0.15) is 17.5 Å². The van der Waals surface area contributed by atoms with E-state index in [1.165, 1.54) is 5.56 Å². The summed E-state index contributed by atoms with van der Waals surface area (Å²) in [6.45, 7) is 0. The molecule has 2 aromatic rings. The molecule has 21 heavy (non-hydrogen) atoms. The van der Waals surface area contributed by atoms with Crippen LogP contribution in [0.25, 0.3) is 0 Å². The predicted molar refractivity (Wildman–Crippen MR) is 87.0 cm³/mol. The van der Waals surface area contributed by atoms with Gasteiger partial charge >= 0.3 is 0 Å². The molecule has 0 saturated carbocycles. The van der Waals surface area contributed by atoms with Crippen molar-refractivity contribution >= 4 is 23.4 Å². The van der Waals surface area contributed by atoms with Gasteiger partial charge in [-0.15, -0.1) is 0 Å². The lowest BCUT2D eigenvalue weighted by molar-refractivity contribution is -0.115. The largest absolute Gasteiger partial charge is 0.325 e. The summed E-state index contributed by atoms with van der Waals surface area (Å²) >= 11 is 1.73. The third-order valence-electron chi connectivity index (χ3n) is 2.91. The van der Waals surface area contributed by atoms with E-state index < -0.39 is 0 Å². The maximum Gasteiger partial charge on any atom is 0.225 e. The maximum atomic E-state index is 11.9. The number of anilines is 1. The number of rotatable bonds is 6. The van der Waals surface area contributed by atoms with Crippen LogP contribution in [0.3, 0.4) is 0 Å². The number of para-hydroxylation sites is 1. The quantitative estimate of drug-likeness (QED) is 0.824. The third kappa shape index (κ3) is 4.97. The first-order valence-electron chi connectivity index (χ1n) is 6.70. The number of amides is 1. The van der Waals surface area contributed by atoms with Crippen LogP contribution in [-0.2, 0) is 10.5 Å². The number of hydrogen-bond donors (Lipinski definition) is 1. The second kappa shape index (κ2) is 8.13. The van der Waals surface area contributed by atoms with Crippen molar-refractivity contribution in [2.24, 2.45) is 0 Å². The molecule has 0 unspecified atom stereocenters. The topological polar surface area (TPSA) is 52.9 Å². The molecular weight excluding hydrogens is 280 g/mol. The molecule has 0 aliphatic rings. The maximum absolute atomic E-state index is 11.9. The molecule has 0 spiro atoms. The lowest BCUT2D eigenvalue weighted by Gasteiger charge is -2.06. The fraction of sp³-hybridized carbons (Fsp3) is 0.176. The Bertz CT molecular complexity index is 635. The number of nitrogens with zero attached hydrogens (tertiary/aromatic N) is 1. The molecule has 0 radical (unpaired) electrons. The van der Waals surface area contributed by atoms with E-state index in [1.54, 1.807) is 36.0 Å². The van der Waals surface area contributed by atoms with E-state index >= 15 is 0 Å². The summed E-state index contributed by atoms with van der Waals surface area (Å²) < 4.78 is 0. The molecular formula is C17H16N2OS. The smallest absolute Gasteiger partial charge is 0.225 e. The number of carbonyl (C=O) groups is 1. The summed E-state index contributed by atoms with van der Waals surface area (Å²) in [5.41, 5.74) is 2.33. The van der Waals surface area contributed by atoms with E-state index in [1.807, 2.05) is 18.2 Å². The zero-order valence-electron chi connectivity index (χ0n) is 11.6. The van der Waals surface area contributed by atoms with Crippen molar-refractivity contribution in [1.29, 1.82) is 5.26 Å². The number of nitriles is 1. The zero-order valence-corrected chi connectivity index (χ0v) is 12.4. The molecule has 2 aromatic carbocycles. The summed E-state index contributed by atoms with van der Waals surface area (Å²) in [5.74, 6) is 1.61. The third-order valence-corrected chi connectivity index (χ3v) is 3.94. The first-order chi connectivity index (χ1) is 10.3.